The van der Waals surface area contributed by atoms with Crippen molar-refractivity contribution in [2.75, 3.05) is 6.54 Å². The highest BCUT2D eigenvalue weighted by Crippen LogP contribution is 2.29. The maximum atomic E-state index is 12.5. The molecule has 8 nitrogen and oxygen atoms in total. The Balaban J connectivity index is 0.000000858. The molecule has 0 saturated heterocycles. The Kier molecular flexibility index (Phi) is 19.7. The fourth-order valence-electron chi connectivity index (χ4n) is 3.83. The highest BCUT2D eigenvalue weighted by atomic mass is 16.5. The van der Waals surface area contributed by atoms with E-state index in [1.807, 2.05) is 13.8 Å². The van der Waals surface area contributed by atoms with E-state index < -0.39 is 24.0 Å². The number of esters is 1. The zero-order valence-corrected chi connectivity index (χ0v) is 24.4. The second kappa shape index (κ2) is 21.2. The van der Waals surface area contributed by atoms with Crippen LogP contribution in [0, 0.1) is 5.92 Å². The minimum absolute atomic E-state index is 0.0852. The third-order valence-corrected chi connectivity index (χ3v) is 5.97. The van der Waals surface area contributed by atoms with Gasteiger partial charge in [-0.15, -0.1) is 0 Å². The smallest absolute Gasteiger partial charge is 0.328 e. The Labute approximate surface area is 229 Å². The standard InChI is InChI=1S/C17H31N3O5.C11H14.C2H6/c1-11(2)25-17(24)15(9-8-12(3)21)20-16(23)14(19-13(4)22)7-5-6-10-18;1-2-5-10(6-3-1)9-11-7-4-8-11;1-2/h11,14-15H,5-10,18H2,1-4H3,(H,19,22)(H,20,23);1-3,5-6,11H,4,7-9H2;1-2H3/t14-,15?;;/m0../s1. The van der Waals surface area contributed by atoms with Gasteiger partial charge < -0.3 is 25.9 Å². The minimum Gasteiger partial charge on any atom is -0.461 e. The molecule has 0 bridgehead atoms. The molecule has 1 unspecified atom stereocenters. The van der Waals surface area contributed by atoms with Crippen LogP contribution in [0.2, 0.25) is 0 Å². The maximum Gasteiger partial charge on any atom is 0.328 e. The monoisotopic (exact) mass is 533 g/mol. The van der Waals surface area contributed by atoms with Gasteiger partial charge in [0.2, 0.25) is 11.8 Å². The molecular formula is C30H51N3O5. The van der Waals surface area contributed by atoms with E-state index in [2.05, 4.69) is 41.0 Å². The number of hydrogen-bond acceptors (Lipinski definition) is 6. The zero-order valence-electron chi connectivity index (χ0n) is 24.4. The Morgan fingerprint density at radius 3 is 2.05 bits per heavy atom. The van der Waals surface area contributed by atoms with Gasteiger partial charge >= 0.3 is 5.97 Å². The Morgan fingerprint density at radius 2 is 1.58 bits per heavy atom. The van der Waals surface area contributed by atoms with Crippen molar-refractivity contribution in [2.45, 2.75) is 118 Å². The van der Waals surface area contributed by atoms with Gasteiger partial charge in [-0.25, -0.2) is 4.79 Å². The molecule has 2 rings (SSSR count). The number of benzene rings is 1. The van der Waals surface area contributed by atoms with Crippen molar-refractivity contribution in [1.82, 2.24) is 10.6 Å². The molecule has 0 spiro atoms. The number of unbranched alkanes of at least 4 members (excludes halogenated alkanes) is 1. The highest BCUT2D eigenvalue weighted by Gasteiger charge is 2.27. The molecule has 0 aromatic heterocycles. The Morgan fingerprint density at radius 1 is 0.947 bits per heavy atom. The predicted molar refractivity (Wildman–Crippen MR) is 152 cm³/mol. The second-order valence-electron chi connectivity index (χ2n) is 9.81. The number of nitrogens with one attached hydrogen (secondary N) is 2. The summed E-state index contributed by atoms with van der Waals surface area (Å²) in [6.07, 6.45) is 7.46. The molecule has 1 aromatic carbocycles. The largest absolute Gasteiger partial charge is 0.461 e. The van der Waals surface area contributed by atoms with Gasteiger partial charge in [0.05, 0.1) is 6.10 Å². The van der Waals surface area contributed by atoms with Gasteiger partial charge in [-0.1, -0.05) is 63.4 Å². The van der Waals surface area contributed by atoms with E-state index in [-0.39, 0.29) is 30.6 Å². The first kappa shape index (κ1) is 35.3. The lowest BCUT2D eigenvalue weighted by molar-refractivity contribution is -0.152. The van der Waals surface area contributed by atoms with Crippen molar-refractivity contribution < 1.29 is 23.9 Å². The first-order valence-corrected chi connectivity index (χ1v) is 14.1. The molecule has 216 valence electrons. The summed E-state index contributed by atoms with van der Waals surface area (Å²) in [7, 11) is 0. The number of hydrogen-bond donors (Lipinski definition) is 3. The van der Waals surface area contributed by atoms with Gasteiger partial charge in [0.1, 0.15) is 17.9 Å². The maximum absolute atomic E-state index is 12.5. The van der Waals surface area contributed by atoms with Gasteiger partial charge in [-0.05, 0) is 70.9 Å². The normalized spacial score (nSPS) is 13.9. The summed E-state index contributed by atoms with van der Waals surface area (Å²) >= 11 is 0. The number of carbonyl (C=O) groups is 4. The Hall–Kier alpha value is -2.74. The molecule has 2 atom stereocenters. The summed E-state index contributed by atoms with van der Waals surface area (Å²) in [4.78, 5) is 47.1. The molecule has 8 heteroatoms. The van der Waals surface area contributed by atoms with Crippen molar-refractivity contribution in [3.8, 4) is 0 Å². The number of ketones is 1. The van der Waals surface area contributed by atoms with Crippen molar-refractivity contribution >= 4 is 23.6 Å². The second-order valence-corrected chi connectivity index (χ2v) is 9.81. The van der Waals surface area contributed by atoms with Crippen LogP contribution >= 0.6 is 0 Å². The SMILES string of the molecule is CC.CC(=O)CCC(NC(=O)[C@H](CCCCN)NC(C)=O)C(=O)OC(C)C.c1ccc(CC2CCC2)cc1. The third kappa shape index (κ3) is 16.9. The van der Waals surface area contributed by atoms with E-state index >= 15 is 0 Å². The number of nitrogens with two attached hydrogens (primary N) is 1. The molecule has 4 N–H and O–H groups in total. The molecule has 2 amide bonds. The average molecular weight is 534 g/mol. The molecule has 0 aliphatic heterocycles. The van der Waals surface area contributed by atoms with Crippen molar-refractivity contribution in [2.24, 2.45) is 11.7 Å². The van der Waals surface area contributed by atoms with Crippen LogP contribution in [0.4, 0.5) is 0 Å². The van der Waals surface area contributed by atoms with Crippen LogP contribution < -0.4 is 16.4 Å². The lowest BCUT2D eigenvalue weighted by Gasteiger charge is -2.25. The number of carbonyl (C=O) groups excluding carboxylic acids is 4. The average Bonchev–Trinajstić information content (AvgIpc) is 2.85. The first-order valence-electron chi connectivity index (χ1n) is 14.1. The zero-order chi connectivity index (χ0) is 28.9. The molecule has 1 aliphatic carbocycles. The number of rotatable bonds is 14. The highest BCUT2D eigenvalue weighted by molar-refractivity contribution is 5.90. The molecule has 1 fully saturated rings. The van der Waals surface area contributed by atoms with E-state index in [0.29, 0.717) is 19.4 Å². The minimum atomic E-state index is -0.926. The van der Waals surface area contributed by atoms with Crippen LogP contribution in [0.15, 0.2) is 30.3 Å². The lowest BCUT2D eigenvalue weighted by Crippen LogP contribution is -2.51. The van der Waals surface area contributed by atoms with E-state index in [9.17, 15) is 19.2 Å². The molecular weight excluding hydrogens is 482 g/mol. The van der Waals surface area contributed by atoms with E-state index in [4.69, 9.17) is 10.5 Å². The van der Waals surface area contributed by atoms with Gasteiger partial charge in [0, 0.05) is 13.3 Å². The van der Waals surface area contributed by atoms with Gasteiger partial charge in [0.15, 0.2) is 0 Å². The molecule has 0 radical (unpaired) electrons. The van der Waals surface area contributed by atoms with Crippen LogP contribution in [-0.4, -0.2) is 48.3 Å². The van der Waals surface area contributed by atoms with Crippen LogP contribution in [0.3, 0.4) is 0 Å². The van der Waals surface area contributed by atoms with Crippen molar-refractivity contribution in [1.29, 1.82) is 0 Å². The molecule has 1 aliphatic rings. The lowest BCUT2D eigenvalue weighted by atomic mass is 9.81. The van der Waals surface area contributed by atoms with Gasteiger partial charge in [-0.3, -0.25) is 9.59 Å². The number of ether oxygens (including phenoxy) is 1. The van der Waals surface area contributed by atoms with Crippen LogP contribution in [0.25, 0.3) is 0 Å². The molecule has 38 heavy (non-hydrogen) atoms. The third-order valence-electron chi connectivity index (χ3n) is 5.97. The van der Waals surface area contributed by atoms with Crippen molar-refractivity contribution in [3.05, 3.63) is 35.9 Å². The summed E-state index contributed by atoms with van der Waals surface area (Å²) in [6.45, 7) is 10.6. The summed E-state index contributed by atoms with van der Waals surface area (Å²) in [5.74, 6) is -0.483. The predicted octanol–water partition coefficient (Wildman–Crippen LogP) is 4.48. The summed E-state index contributed by atoms with van der Waals surface area (Å²) in [6, 6.07) is 9.14. The van der Waals surface area contributed by atoms with Crippen LogP contribution in [0.1, 0.15) is 98.5 Å². The first-order chi connectivity index (χ1) is 18.1. The molecule has 0 heterocycles. The molecule has 1 aromatic rings. The van der Waals surface area contributed by atoms with Crippen LogP contribution in [0.5, 0.6) is 0 Å². The van der Waals surface area contributed by atoms with Crippen LogP contribution in [-0.2, 0) is 30.3 Å². The topological polar surface area (TPSA) is 128 Å². The summed E-state index contributed by atoms with van der Waals surface area (Å²) in [5, 5.41) is 5.18. The van der Waals surface area contributed by atoms with E-state index in [1.165, 1.54) is 45.1 Å². The number of Topliss-reactive ketones (excluding diaryl/α,β-unsaturated/α-hetero) is 1. The van der Waals surface area contributed by atoms with Gasteiger partial charge in [-0.2, -0.15) is 0 Å². The van der Waals surface area contributed by atoms with Gasteiger partial charge in [0.25, 0.3) is 0 Å². The summed E-state index contributed by atoms with van der Waals surface area (Å²) in [5.41, 5.74) is 6.96. The number of amides is 2. The quantitative estimate of drug-likeness (QED) is 0.239. The summed E-state index contributed by atoms with van der Waals surface area (Å²) < 4.78 is 5.14. The fourth-order valence-corrected chi connectivity index (χ4v) is 3.83. The van der Waals surface area contributed by atoms with Crippen molar-refractivity contribution in [3.63, 3.8) is 0 Å². The van der Waals surface area contributed by atoms with E-state index in [1.54, 1.807) is 13.8 Å². The van der Waals surface area contributed by atoms with E-state index in [0.717, 1.165) is 12.3 Å². The fraction of sp³-hybridized carbons (Fsp3) is 0.667. The Bertz CT molecular complexity index is 809. The molecule has 1 saturated carbocycles.